The molecule has 0 bridgehead atoms. The molecule has 1 aliphatic rings. The summed E-state index contributed by atoms with van der Waals surface area (Å²) in [6, 6.07) is 12.9. The maximum absolute atomic E-state index is 13.0. The second-order valence-electron chi connectivity index (χ2n) is 5.23. The van der Waals surface area contributed by atoms with Gasteiger partial charge in [0.25, 0.3) is 0 Å². The lowest BCUT2D eigenvalue weighted by Crippen LogP contribution is -2.38. The molecule has 0 aromatic heterocycles. The van der Waals surface area contributed by atoms with Crippen LogP contribution in [0.15, 0.2) is 65.9 Å². The molecule has 0 saturated carbocycles. The summed E-state index contributed by atoms with van der Waals surface area (Å²) in [6.07, 6.45) is 5.60. The molecule has 4 heteroatoms. The summed E-state index contributed by atoms with van der Waals surface area (Å²) in [5, 5.41) is 0. The predicted molar refractivity (Wildman–Crippen MR) is 78.1 cm³/mol. The average molecular weight is 285 g/mol. The predicted octanol–water partition coefficient (Wildman–Crippen LogP) is 3.99. The number of quaternary nitrogens is 1. The van der Waals surface area contributed by atoms with Gasteiger partial charge < -0.3 is 0 Å². The number of aliphatic imine (C=N–C) groups is 1. The molecule has 1 aliphatic heterocycles. The molecular weight excluding hydrogens is 270 g/mol. The molecule has 2 nitrogen and oxygen atoms in total. The second-order valence-corrected chi connectivity index (χ2v) is 5.23. The van der Waals surface area contributed by atoms with Crippen LogP contribution in [-0.2, 0) is 13.1 Å². The first kappa shape index (κ1) is 13.6. The van der Waals surface area contributed by atoms with Crippen molar-refractivity contribution in [3.63, 3.8) is 0 Å². The van der Waals surface area contributed by atoms with Crippen molar-refractivity contribution in [3.8, 4) is 0 Å². The summed E-state index contributed by atoms with van der Waals surface area (Å²) in [4.78, 5) is 4.18. The van der Waals surface area contributed by atoms with Crippen molar-refractivity contribution in [3.05, 3.63) is 83.7 Å². The summed E-state index contributed by atoms with van der Waals surface area (Å²) in [5.41, 5.74) is 2.05. The van der Waals surface area contributed by atoms with Crippen LogP contribution >= 0.6 is 0 Å². The van der Waals surface area contributed by atoms with Gasteiger partial charge in [0.05, 0.1) is 6.20 Å². The van der Waals surface area contributed by atoms with E-state index >= 15 is 0 Å². The van der Waals surface area contributed by atoms with Crippen molar-refractivity contribution in [1.29, 1.82) is 0 Å². The van der Waals surface area contributed by atoms with Gasteiger partial charge in [-0.25, -0.2) is 18.3 Å². The molecule has 0 fully saturated rings. The van der Waals surface area contributed by atoms with Crippen LogP contribution in [0.4, 0.5) is 8.78 Å². The van der Waals surface area contributed by atoms with Crippen molar-refractivity contribution >= 4 is 6.34 Å². The number of hydrogen-bond donors (Lipinski definition) is 0. The van der Waals surface area contributed by atoms with Crippen LogP contribution < -0.4 is 0 Å². The first-order valence-corrected chi connectivity index (χ1v) is 6.73. The Morgan fingerprint density at radius 3 is 1.62 bits per heavy atom. The molecule has 106 valence electrons. The van der Waals surface area contributed by atoms with E-state index in [4.69, 9.17) is 0 Å². The quantitative estimate of drug-likeness (QED) is 0.753. The van der Waals surface area contributed by atoms with Gasteiger partial charge in [-0.1, -0.05) is 24.3 Å². The highest BCUT2D eigenvalue weighted by atomic mass is 19.1. The lowest BCUT2D eigenvalue weighted by atomic mass is 10.1. The maximum Gasteiger partial charge on any atom is 0.195 e. The summed E-state index contributed by atoms with van der Waals surface area (Å²) in [6.45, 7) is 1.36. The van der Waals surface area contributed by atoms with Gasteiger partial charge in [-0.05, 0) is 24.3 Å². The van der Waals surface area contributed by atoms with Crippen molar-refractivity contribution in [2.24, 2.45) is 4.99 Å². The first-order chi connectivity index (χ1) is 10.2. The molecular formula is C17H15F2N2+. The van der Waals surface area contributed by atoms with E-state index in [0.29, 0.717) is 17.6 Å². The monoisotopic (exact) mass is 285 g/mol. The van der Waals surface area contributed by atoms with E-state index in [2.05, 4.69) is 4.99 Å². The zero-order chi connectivity index (χ0) is 14.7. The Morgan fingerprint density at radius 1 is 0.762 bits per heavy atom. The van der Waals surface area contributed by atoms with E-state index in [9.17, 15) is 8.78 Å². The normalized spacial score (nSPS) is 15.5. The van der Waals surface area contributed by atoms with E-state index < -0.39 is 0 Å². The highest BCUT2D eigenvalue weighted by Gasteiger charge is 2.27. The summed E-state index contributed by atoms with van der Waals surface area (Å²) < 4.78 is 26.5. The van der Waals surface area contributed by atoms with E-state index in [1.54, 1.807) is 30.5 Å². The Balaban J connectivity index is 1.83. The molecule has 0 aliphatic carbocycles. The van der Waals surface area contributed by atoms with Gasteiger partial charge in [-0.2, -0.15) is 0 Å². The third-order valence-electron chi connectivity index (χ3n) is 3.53. The maximum atomic E-state index is 13.0. The molecule has 0 spiro atoms. The SMILES string of the molecule is Fc1ccc(C[N+]2(Cc3ccc(F)cc3)C=CN=C2)cc1. The van der Waals surface area contributed by atoms with E-state index in [1.807, 2.05) is 12.5 Å². The number of nitrogens with zero attached hydrogens (tertiary/aromatic N) is 2. The van der Waals surface area contributed by atoms with Crippen molar-refractivity contribution < 1.29 is 13.3 Å². The van der Waals surface area contributed by atoms with Crippen LogP contribution in [0, 0.1) is 11.6 Å². The molecule has 0 saturated heterocycles. The Labute approximate surface area is 122 Å². The van der Waals surface area contributed by atoms with E-state index in [-0.39, 0.29) is 11.6 Å². The minimum atomic E-state index is -0.241. The average Bonchev–Trinajstić information content (AvgIpc) is 2.92. The van der Waals surface area contributed by atoms with Crippen LogP contribution in [0.5, 0.6) is 0 Å². The minimum absolute atomic E-state index is 0.241. The second kappa shape index (κ2) is 5.58. The van der Waals surface area contributed by atoms with Gasteiger partial charge in [0, 0.05) is 11.1 Å². The molecule has 0 N–H and O–H groups in total. The molecule has 0 atom stereocenters. The topological polar surface area (TPSA) is 12.4 Å². The van der Waals surface area contributed by atoms with Crippen LogP contribution in [0.2, 0.25) is 0 Å². The molecule has 1 heterocycles. The van der Waals surface area contributed by atoms with Crippen molar-refractivity contribution in [1.82, 2.24) is 0 Å². The lowest BCUT2D eigenvalue weighted by Gasteiger charge is -2.27. The Kier molecular flexibility index (Phi) is 3.62. The van der Waals surface area contributed by atoms with E-state index in [1.165, 1.54) is 24.3 Å². The molecule has 21 heavy (non-hydrogen) atoms. The first-order valence-electron chi connectivity index (χ1n) is 6.73. The van der Waals surface area contributed by atoms with Gasteiger partial charge in [-0.15, -0.1) is 0 Å². The van der Waals surface area contributed by atoms with Gasteiger partial charge in [0.1, 0.15) is 30.9 Å². The zero-order valence-electron chi connectivity index (χ0n) is 11.4. The summed E-state index contributed by atoms with van der Waals surface area (Å²) >= 11 is 0. The zero-order valence-corrected chi connectivity index (χ0v) is 11.4. The Morgan fingerprint density at radius 2 is 1.24 bits per heavy atom. The Hall–Kier alpha value is -2.33. The van der Waals surface area contributed by atoms with Gasteiger partial charge in [0.2, 0.25) is 0 Å². The third kappa shape index (κ3) is 3.23. The molecule has 2 aromatic carbocycles. The number of benzene rings is 2. The summed E-state index contributed by atoms with van der Waals surface area (Å²) in [7, 11) is 0. The molecule has 2 aromatic rings. The fraction of sp³-hybridized carbons (Fsp3) is 0.118. The highest BCUT2D eigenvalue weighted by molar-refractivity contribution is 5.51. The molecule has 0 radical (unpaired) electrons. The summed E-state index contributed by atoms with van der Waals surface area (Å²) in [5.74, 6) is -0.482. The van der Waals surface area contributed by atoms with Gasteiger partial charge >= 0.3 is 0 Å². The standard InChI is InChI=1S/C17H15F2N2/c18-16-5-1-14(2-6-16)11-21(10-9-20-13-21)12-15-3-7-17(19)8-4-15/h1-10,13H,11-12H2/q+1. The van der Waals surface area contributed by atoms with Gasteiger partial charge in [-0.3, -0.25) is 0 Å². The molecule has 0 amide bonds. The lowest BCUT2D eigenvalue weighted by molar-refractivity contribution is -0.808. The fourth-order valence-electron chi connectivity index (χ4n) is 2.48. The molecule has 3 rings (SSSR count). The smallest absolute Gasteiger partial charge is 0.195 e. The van der Waals surface area contributed by atoms with Crippen molar-refractivity contribution in [2.75, 3.05) is 0 Å². The highest BCUT2D eigenvalue weighted by Crippen LogP contribution is 2.22. The van der Waals surface area contributed by atoms with Crippen LogP contribution in [-0.4, -0.2) is 10.8 Å². The third-order valence-corrected chi connectivity index (χ3v) is 3.53. The van der Waals surface area contributed by atoms with Crippen LogP contribution in [0.25, 0.3) is 0 Å². The number of halogens is 2. The number of hydrogen-bond acceptors (Lipinski definition) is 1. The largest absolute Gasteiger partial charge is 0.246 e. The van der Waals surface area contributed by atoms with Crippen LogP contribution in [0.1, 0.15) is 11.1 Å². The van der Waals surface area contributed by atoms with E-state index in [0.717, 1.165) is 11.1 Å². The molecule has 0 unspecified atom stereocenters. The minimum Gasteiger partial charge on any atom is -0.246 e. The fourth-order valence-corrected chi connectivity index (χ4v) is 2.48. The van der Waals surface area contributed by atoms with Gasteiger partial charge in [0.15, 0.2) is 6.34 Å². The van der Waals surface area contributed by atoms with Crippen LogP contribution in [0.3, 0.4) is 0 Å². The Bertz CT molecular complexity index is 611. The number of rotatable bonds is 4. The van der Waals surface area contributed by atoms with Crippen molar-refractivity contribution in [2.45, 2.75) is 13.1 Å².